The third-order valence-corrected chi connectivity index (χ3v) is 6.65. The fraction of sp³-hybridized carbons (Fsp3) is 0.462. The zero-order valence-corrected chi connectivity index (χ0v) is 19.7. The summed E-state index contributed by atoms with van der Waals surface area (Å²) in [5, 5.41) is 2.91. The van der Waals surface area contributed by atoms with Gasteiger partial charge in [-0.1, -0.05) is 18.2 Å². The minimum Gasteiger partial charge on any atom is -0.496 e. The molecule has 7 heteroatoms. The number of benzene rings is 2. The Hall–Kier alpha value is -3.06. The molecule has 1 fully saturated rings. The Morgan fingerprint density at radius 1 is 0.970 bits per heavy atom. The van der Waals surface area contributed by atoms with Gasteiger partial charge in [0.05, 0.1) is 7.11 Å². The number of rotatable bonds is 7. The largest absolute Gasteiger partial charge is 0.496 e. The highest BCUT2D eigenvalue weighted by molar-refractivity contribution is 5.94. The predicted molar refractivity (Wildman–Crippen MR) is 130 cm³/mol. The molecule has 176 valence electrons. The Morgan fingerprint density at radius 3 is 2.45 bits per heavy atom. The second kappa shape index (κ2) is 10.7. The molecule has 0 saturated carbocycles. The first-order valence-corrected chi connectivity index (χ1v) is 11.8. The van der Waals surface area contributed by atoms with E-state index in [1.807, 2.05) is 23.1 Å². The van der Waals surface area contributed by atoms with E-state index in [9.17, 15) is 9.59 Å². The number of carbonyl (C=O) groups excluding carboxylic acids is 2. The van der Waals surface area contributed by atoms with Crippen LogP contribution in [0.2, 0.25) is 0 Å². The number of anilines is 1. The molecule has 2 aliphatic heterocycles. The molecule has 0 radical (unpaired) electrons. The maximum atomic E-state index is 13.0. The smallest absolute Gasteiger partial charge is 0.251 e. The number of nitrogens with one attached hydrogen (secondary N) is 1. The van der Waals surface area contributed by atoms with Crippen molar-refractivity contribution in [3.05, 3.63) is 59.2 Å². The SMILES string of the molecule is COc1ccc(N2CCN(C)CC2)c2c1CCN(C(=O)CCCNC(=O)c1ccccc1)C2. The van der Waals surface area contributed by atoms with Crippen LogP contribution in [-0.4, -0.2) is 75.0 Å². The molecule has 2 aliphatic rings. The quantitative estimate of drug-likeness (QED) is 0.657. The van der Waals surface area contributed by atoms with E-state index in [1.54, 1.807) is 19.2 Å². The topological polar surface area (TPSA) is 65.1 Å². The fourth-order valence-corrected chi connectivity index (χ4v) is 4.67. The van der Waals surface area contributed by atoms with Crippen molar-refractivity contribution >= 4 is 17.5 Å². The molecule has 1 N–H and O–H groups in total. The van der Waals surface area contributed by atoms with E-state index in [0.29, 0.717) is 38.0 Å². The van der Waals surface area contributed by atoms with Gasteiger partial charge in [-0.2, -0.15) is 0 Å². The first kappa shape index (κ1) is 23.1. The third-order valence-electron chi connectivity index (χ3n) is 6.65. The van der Waals surface area contributed by atoms with Crippen LogP contribution < -0.4 is 15.0 Å². The first-order valence-electron chi connectivity index (χ1n) is 11.8. The summed E-state index contributed by atoms with van der Waals surface area (Å²) in [5.74, 6) is 0.958. The highest BCUT2D eigenvalue weighted by Gasteiger charge is 2.27. The van der Waals surface area contributed by atoms with Crippen LogP contribution in [0.3, 0.4) is 0 Å². The van der Waals surface area contributed by atoms with Gasteiger partial charge in [0.1, 0.15) is 5.75 Å². The Labute approximate surface area is 196 Å². The molecule has 2 aromatic rings. The summed E-state index contributed by atoms with van der Waals surface area (Å²) in [4.78, 5) is 31.9. The molecule has 0 aliphatic carbocycles. The molecule has 1 saturated heterocycles. The van der Waals surface area contributed by atoms with Crippen molar-refractivity contribution < 1.29 is 14.3 Å². The van der Waals surface area contributed by atoms with Crippen LogP contribution in [0, 0.1) is 0 Å². The summed E-state index contributed by atoms with van der Waals surface area (Å²) in [5.41, 5.74) is 4.32. The number of piperazine rings is 1. The van der Waals surface area contributed by atoms with Crippen molar-refractivity contribution in [3.8, 4) is 5.75 Å². The van der Waals surface area contributed by atoms with E-state index in [0.717, 1.165) is 38.3 Å². The number of carbonyl (C=O) groups is 2. The Morgan fingerprint density at radius 2 is 1.73 bits per heavy atom. The monoisotopic (exact) mass is 450 g/mol. The van der Waals surface area contributed by atoms with Crippen LogP contribution >= 0.6 is 0 Å². The molecular formula is C26H34N4O3. The predicted octanol–water partition coefficient (Wildman–Crippen LogP) is 2.54. The van der Waals surface area contributed by atoms with Crippen LogP contribution in [-0.2, 0) is 17.8 Å². The van der Waals surface area contributed by atoms with Crippen molar-refractivity contribution in [2.24, 2.45) is 0 Å². The van der Waals surface area contributed by atoms with Crippen LogP contribution in [0.4, 0.5) is 5.69 Å². The highest BCUT2D eigenvalue weighted by atomic mass is 16.5. The molecule has 2 heterocycles. The Bertz CT molecular complexity index is 971. The van der Waals surface area contributed by atoms with Gasteiger partial charge in [-0.15, -0.1) is 0 Å². The van der Waals surface area contributed by atoms with Gasteiger partial charge in [-0.25, -0.2) is 0 Å². The molecule has 0 spiro atoms. The van der Waals surface area contributed by atoms with E-state index >= 15 is 0 Å². The van der Waals surface area contributed by atoms with Crippen molar-refractivity contribution in [1.82, 2.24) is 15.1 Å². The number of ether oxygens (including phenoxy) is 1. The van der Waals surface area contributed by atoms with Gasteiger partial charge < -0.3 is 24.8 Å². The molecule has 0 unspecified atom stereocenters. The van der Waals surface area contributed by atoms with Crippen molar-refractivity contribution in [2.75, 3.05) is 58.3 Å². The van der Waals surface area contributed by atoms with Crippen LogP contribution in [0.25, 0.3) is 0 Å². The number of likely N-dealkylation sites (N-methyl/N-ethyl adjacent to an activating group) is 1. The second-order valence-corrected chi connectivity index (χ2v) is 8.83. The molecular weight excluding hydrogens is 416 g/mol. The van der Waals surface area contributed by atoms with Crippen LogP contribution in [0.15, 0.2) is 42.5 Å². The lowest BCUT2D eigenvalue weighted by Crippen LogP contribution is -2.45. The van der Waals surface area contributed by atoms with Gasteiger partial charge in [0.2, 0.25) is 5.91 Å². The summed E-state index contributed by atoms with van der Waals surface area (Å²) in [6.45, 7) is 5.86. The zero-order valence-electron chi connectivity index (χ0n) is 19.7. The third kappa shape index (κ3) is 5.47. The number of methoxy groups -OCH3 is 1. The van der Waals surface area contributed by atoms with E-state index in [4.69, 9.17) is 4.74 Å². The summed E-state index contributed by atoms with van der Waals surface area (Å²) in [6, 6.07) is 13.4. The van der Waals surface area contributed by atoms with Gasteiger partial charge >= 0.3 is 0 Å². The number of hydrogen-bond acceptors (Lipinski definition) is 5. The lowest BCUT2D eigenvalue weighted by molar-refractivity contribution is -0.132. The summed E-state index contributed by atoms with van der Waals surface area (Å²) in [6.07, 6.45) is 1.86. The molecule has 33 heavy (non-hydrogen) atoms. The Balaban J connectivity index is 1.36. The van der Waals surface area contributed by atoms with E-state index in [-0.39, 0.29) is 11.8 Å². The number of amides is 2. The average Bonchev–Trinajstić information content (AvgIpc) is 2.86. The lowest BCUT2D eigenvalue weighted by Gasteiger charge is -2.38. The number of nitrogens with zero attached hydrogens (tertiary/aromatic N) is 3. The van der Waals surface area contributed by atoms with Crippen LogP contribution in [0.1, 0.15) is 34.3 Å². The molecule has 0 bridgehead atoms. The molecule has 2 aromatic carbocycles. The molecule has 0 aromatic heterocycles. The van der Waals surface area contributed by atoms with E-state index in [2.05, 4.69) is 34.3 Å². The average molecular weight is 451 g/mol. The number of hydrogen-bond donors (Lipinski definition) is 1. The van der Waals surface area contributed by atoms with E-state index < -0.39 is 0 Å². The summed E-state index contributed by atoms with van der Waals surface area (Å²) < 4.78 is 5.64. The van der Waals surface area contributed by atoms with E-state index in [1.165, 1.54) is 16.8 Å². The molecule has 7 nitrogen and oxygen atoms in total. The standard InChI is InChI=1S/C26H34N4O3/c1-28-15-17-29(18-16-28)23-10-11-24(33-2)21-12-14-30(19-22(21)23)25(31)9-6-13-27-26(32)20-7-4-3-5-8-20/h3-5,7-8,10-11H,6,9,12-19H2,1-2H3,(H,27,32). The first-order chi connectivity index (χ1) is 16.1. The van der Waals surface area contributed by atoms with Crippen molar-refractivity contribution in [1.29, 1.82) is 0 Å². The van der Waals surface area contributed by atoms with Crippen molar-refractivity contribution in [2.45, 2.75) is 25.8 Å². The Kier molecular flexibility index (Phi) is 7.50. The zero-order chi connectivity index (χ0) is 23.2. The minimum atomic E-state index is -0.0983. The minimum absolute atomic E-state index is 0.0983. The maximum Gasteiger partial charge on any atom is 0.251 e. The summed E-state index contributed by atoms with van der Waals surface area (Å²) in [7, 11) is 3.87. The molecule has 4 rings (SSSR count). The highest BCUT2D eigenvalue weighted by Crippen LogP contribution is 2.36. The van der Waals surface area contributed by atoms with Gasteiger partial charge in [0.15, 0.2) is 0 Å². The summed E-state index contributed by atoms with van der Waals surface area (Å²) >= 11 is 0. The molecule has 2 amide bonds. The van der Waals surface area contributed by atoms with Gasteiger partial charge in [0.25, 0.3) is 5.91 Å². The fourth-order valence-electron chi connectivity index (χ4n) is 4.67. The normalized spacial score (nSPS) is 16.3. The van der Waals surface area contributed by atoms with Crippen molar-refractivity contribution in [3.63, 3.8) is 0 Å². The maximum absolute atomic E-state index is 13.0. The lowest BCUT2D eigenvalue weighted by atomic mass is 9.95. The van der Waals surface area contributed by atoms with Gasteiger partial charge in [-0.05, 0) is 44.2 Å². The molecule has 0 atom stereocenters. The van der Waals surface area contributed by atoms with Crippen LogP contribution in [0.5, 0.6) is 5.75 Å². The second-order valence-electron chi connectivity index (χ2n) is 8.83. The number of fused-ring (bicyclic) bond motifs is 1. The van der Waals surface area contributed by atoms with Gasteiger partial charge in [-0.3, -0.25) is 9.59 Å². The van der Waals surface area contributed by atoms with Gasteiger partial charge in [0, 0.05) is 74.6 Å².